The molecule has 0 unspecified atom stereocenters. The molecule has 0 bridgehead atoms. The van der Waals surface area contributed by atoms with Crippen LogP contribution >= 0.6 is 0 Å². The molecule has 4 amide bonds. The van der Waals surface area contributed by atoms with E-state index in [-0.39, 0.29) is 62.9 Å². The van der Waals surface area contributed by atoms with E-state index in [1.54, 1.807) is 58.0 Å². The number of pyridine rings is 2. The van der Waals surface area contributed by atoms with Gasteiger partial charge >= 0.3 is 12.1 Å². The Morgan fingerprint density at radius 1 is 0.814 bits per heavy atom. The third-order valence-electron chi connectivity index (χ3n) is 14.8. The number of nitrogens with zero attached hydrogens (tertiary/aromatic N) is 5. The van der Waals surface area contributed by atoms with Gasteiger partial charge in [0.1, 0.15) is 31.1 Å². The lowest BCUT2D eigenvalue weighted by atomic mass is 9.81. The third kappa shape index (κ3) is 17.7. The zero-order chi connectivity index (χ0) is 61.6. The molecule has 5 N–H and O–H groups in total. The van der Waals surface area contributed by atoms with E-state index in [1.165, 1.54) is 17.6 Å². The van der Waals surface area contributed by atoms with Gasteiger partial charge in [0.2, 0.25) is 17.7 Å². The highest BCUT2D eigenvalue weighted by Crippen LogP contribution is 2.46. The largest absolute Gasteiger partial charge is 0.458 e. The number of halogens is 1. The highest BCUT2D eigenvalue weighted by Gasteiger charge is 2.46. The van der Waals surface area contributed by atoms with E-state index in [0.29, 0.717) is 162 Å². The molecule has 26 nitrogen and oxygen atoms in total. The van der Waals surface area contributed by atoms with Gasteiger partial charge in [-0.15, -0.1) is 0 Å². The van der Waals surface area contributed by atoms with Gasteiger partial charge in [0, 0.05) is 46.1 Å². The summed E-state index contributed by atoms with van der Waals surface area (Å²) in [4.78, 5) is 87.2. The molecule has 4 aromatic rings. The van der Waals surface area contributed by atoms with Crippen molar-refractivity contribution in [2.24, 2.45) is 11.0 Å². The van der Waals surface area contributed by atoms with Crippen LogP contribution < -0.4 is 26.8 Å². The summed E-state index contributed by atoms with van der Waals surface area (Å²) in [6, 6.07) is 7.01. The molecule has 0 spiro atoms. The molecule has 0 radical (unpaired) electrons. The van der Waals surface area contributed by atoms with Crippen LogP contribution in [-0.4, -0.2) is 169 Å². The first-order valence-corrected chi connectivity index (χ1v) is 28.9. The van der Waals surface area contributed by atoms with Gasteiger partial charge in [0.15, 0.2) is 5.60 Å². The number of aryl methyl sites for hydroxylation is 1. The van der Waals surface area contributed by atoms with Crippen LogP contribution in [0.4, 0.5) is 14.9 Å². The molecule has 0 saturated heterocycles. The molecule has 2 aromatic carbocycles. The topological polar surface area (TPSA) is 330 Å². The van der Waals surface area contributed by atoms with Crippen LogP contribution in [0, 0.1) is 18.7 Å². The van der Waals surface area contributed by atoms with Crippen molar-refractivity contribution in [3.05, 3.63) is 102 Å². The number of azide groups is 1. The molecule has 468 valence electrons. The number of amides is 4. The highest BCUT2D eigenvalue weighted by molar-refractivity contribution is 5.98. The minimum Gasteiger partial charge on any atom is -0.458 e. The Morgan fingerprint density at radius 2 is 1.40 bits per heavy atom. The second-order valence-electron chi connectivity index (χ2n) is 20.9. The molecular formula is C59H78FN9O17. The van der Waals surface area contributed by atoms with Crippen LogP contribution in [0.25, 0.3) is 32.7 Å². The van der Waals surface area contributed by atoms with Gasteiger partial charge in [-0.05, 0) is 85.0 Å². The van der Waals surface area contributed by atoms with Crippen molar-refractivity contribution in [1.29, 1.82) is 0 Å². The van der Waals surface area contributed by atoms with Gasteiger partial charge in [0.25, 0.3) is 5.56 Å². The third-order valence-corrected chi connectivity index (χ3v) is 14.8. The van der Waals surface area contributed by atoms with Crippen LogP contribution in [0.15, 0.2) is 46.3 Å². The monoisotopic (exact) mass is 1200 g/mol. The standard InChI is InChI=1S/C59H78FN9O17/c1-6-59(76)44-31-48-53-42(33-69(48)56(73)43(44)35-85-57(59)74)51-46(12-11-41-37(4)45(60)32-47(65-53)50(41)51)66-58(75)86-34-39-7-9-40(10-8-39)64-54(71)38(5)63-55(72)52(36(2)3)67-49(70)13-15-77-17-19-79-21-23-81-25-27-83-29-30-84-28-26-82-24-22-80-20-18-78-16-14-62-68-61/h7-10,31-32,36,38,46,52,76H,6,11-30,33-35H2,1-5H3,(H,63,72)(H,64,71)(H,66,75)(H,67,70)/t38-,46-,52-,59-/m0/s1. The summed E-state index contributed by atoms with van der Waals surface area (Å²) < 4.78 is 71.4. The summed E-state index contributed by atoms with van der Waals surface area (Å²) >= 11 is 0. The minimum absolute atomic E-state index is 0.00290. The van der Waals surface area contributed by atoms with E-state index in [2.05, 4.69) is 31.3 Å². The van der Waals surface area contributed by atoms with Gasteiger partial charge < -0.3 is 78.3 Å². The van der Waals surface area contributed by atoms with E-state index in [9.17, 15) is 33.9 Å². The normalized spacial score (nSPS) is 16.3. The van der Waals surface area contributed by atoms with Gasteiger partial charge in [-0.3, -0.25) is 19.2 Å². The fourth-order valence-electron chi connectivity index (χ4n) is 10.1. The number of hydrogen-bond acceptors (Lipinski definition) is 19. The molecule has 3 aliphatic rings. The van der Waals surface area contributed by atoms with E-state index >= 15 is 4.39 Å². The Labute approximate surface area is 496 Å². The molecule has 4 heterocycles. The van der Waals surface area contributed by atoms with Crippen molar-refractivity contribution < 1.29 is 80.8 Å². The second-order valence-corrected chi connectivity index (χ2v) is 20.9. The summed E-state index contributed by atoms with van der Waals surface area (Å²) in [5, 5.41) is 26.6. The summed E-state index contributed by atoms with van der Waals surface area (Å²) in [6.45, 7) is 14.4. The first-order valence-electron chi connectivity index (χ1n) is 28.9. The number of aromatic nitrogens is 2. The predicted octanol–water partition coefficient (Wildman–Crippen LogP) is 4.86. The average molecular weight is 1200 g/mol. The summed E-state index contributed by atoms with van der Waals surface area (Å²) in [5.41, 5.74) is 10.7. The Morgan fingerprint density at radius 3 is 1.97 bits per heavy atom. The first-order chi connectivity index (χ1) is 41.6. The minimum atomic E-state index is -2.03. The average Bonchev–Trinajstić information content (AvgIpc) is 1.47. The number of rotatable bonds is 37. The molecule has 0 fully saturated rings. The SMILES string of the molecule is CC[C@@]1(O)C(=O)OCc2c1cc1n(c2=O)Cc2c-1nc1cc(F)c(C)c3c1c2[C@@H](NC(=O)OCc1ccc(NC(=O)[C@H](C)NC(=O)[C@@H](NC(=O)CCOCCOCCOCCOCCOCCOCCOCCOCCN=[N+]=[N-])C(C)C)cc1)CC3. The Balaban J connectivity index is 0.753. The highest BCUT2D eigenvalue weighted by atomic mass is 19.1. The number of hydrogen-bond donors (Lipinski definition) is 5. The van der Waals surface area contributed by atoms with E-state index in [0.717, 1.165) is 5.56 Å². The van der Waals surface area contributed by atoms with Gasteiger partial charge in [0.05, 0.1) is 141 Å². The van der Waals surface area contributed by atoms with E-state index in [4.69, 9.17) is 57.9 Å². The van der Waals surface area contributed by atoms with Crippen molar-refractivity contribution >= 4 is 46.4 Å². The number of alkyl carbamates (subject to hydrolysis) is 1. The molecule has 27 heteroatoms. The Kier molecular flexibility index (Phi) is 25.5. The fraction of sp³-hybridized carbons (Fsp3) is 0.576. The number of anilines is 1. The smallest absolute Gasteiger partial charge is 0.407 e. The van der Waals surface area contributed by atoms with E-state index in [1.807, 2.05) is 0 Å². The number of carbonyl (C=O) groups excluding carboxylic acids is 5. The van der Waals surface area contributed by atoms with Gasteiger partial charge in [-0.25, -0.2) is 19.0 Å². The Bertz CT molecular complexity index is 3100. The molecule has 1 aliphatic carbocycles. The second kappa shape index (κ2) is 33.1. The van der Waals surface area contributed by atoms with Gasteiger partial charge in [-0.1, -0.05) is 38.0 Å². The zero-order valence-corrected chi connectivity index (χ0v) is 49.3. The lowest BCUT2D eigenvalue weighted by Crippen LogP contribution is -2.53. The van der Waals surface area contributed by atoms with Crippen LogP contribution in [0.2, 0.25) is 0 Å². The predicted molar refractivity (Wildman–Crippen MR) is 308 cm³/mol. The number of esters is 1. The van der Waals surface area contributed by atoms with Crippen molar-refractivity contribution in [1.82, 2.24) is 25.5 Å². The van der Waals surface area contributed by atoms with E-state index < -0.39 is 64.9 Å². The number of fused-ring (bicyclic) bond motifs is 5. The van der Waals surface area contributed by atoms with Crippen LogP contribution in [0.5, 0.6) is 0 Å². The lowest BCUT2D eigenvalue weighted by Gasteiger charge is -2.31. The summed E-state index contributed by atoms with van der Waals surface area (Å²) in [7, 11) is 0. The van der Waals surface area contributed by atoms with Crippen molar-refractivity contribution in [3.63, 3.8) is 0 Å². The molecule has 4 atom stereocenters. The lowest BCUT2D eigenvalue weighted by molar-refractivity contribution is -0.172. The van der Waals surface area contributed by atoms with Gasteiger partial charge in [-0.2, -0.15) is 0 Å². The van der Waals surface area contributed by atoms with Crippen molar-refractivity contribution in [2.45, 2.75) is 104 Å². The van der Waals surface area contributed by atoms with Crippen LogP contribution in [0.3, 0.4) is 0 Å². The Hall–Kier alpha value is -7.17. The number of benzene rings is 2. The maximum Gasteiger partial charge on any atom is 0.407 e. The molecule has 7 rings (SSSR count). The molecule has 86 heavy (non-hydrogen) atoms. The fourth-order valence-corrected chi connectivity index (χ4v) is 10.1. The number of aliphatic hydroxyl groups is 1. The maximum atomic E-state index is 15.4. The van der Waals surface area contributed by atoms with Crippen LogP contribution in [-0.2, 0) is 98.3 Å². The summed E-state index contributed by atoms with van der Waals surface area (Å²) in [6.07, 6.45) is 0.0647. The number of cyclic esters (lactones) is 1. The molecule has 0 saturated carbocycles. The van der Waals surface area contributed by atoms with Crippen molar-refractivity contribution in [2.75, 3.05) is 118 Å². The zero-order valence-electron chi connectivity index (χ0n) is 49.3. The van der Waals surface area contributed by atoms with Crippen LogP contribution in [0.1, 0.15) is 91.9 Å². The number of carbonyl (C=O) groups is 5. The number of ether oxygens (including phenoxy) is 10. The van der Waals surface area contributed by atoms with Crippen molar-refractivity contribution in [3.8, 4) is 11.4 Å². The first kappa shape index (κ1) is 66.4. The molecular weight excluding hydrogens is 1130 g/mol. The molecule has 2 aromatic heterocycles. The summed E-state index contributed by atoms with van der Waals surface area (Å²) in [5.74, 6) is -3.03. The molecule has 2 aliphatic heterocycles. The number of nitrogens with one attached hydrogen (secondary N) is 4. The maximum absolute atomic E-state index is 15.4. The quantitative estimate of drug-likeness (QED) is 0.0117.